The number of carbonyl (C=O) groups is 1. The summed E-state index contributed by atoms with van der Waals surface area (Å²) in [4.78, 5) is 14.6. The Morgan fingerprint density at radius 2 is 2.16 bits per heavy atom. The van der Waals surface area contributed by atoms with Gasteiger partial charge in [-0.2, -0.15) is 0 Å². The summed E-state index contributed by atoms with van der Waals surface area (Å²) in [6.45, 7) is 6.00. The van der Waals surface area contributed by atoms with Gasteiger partial charge in [-0.1, -0.05) is 15.9 Å². The van der Waals surface area contributed by atoms with Crippen LogP contribution in [0.15, 0.2) is 22.7 Å². The molecule has 2 fully saturated rings. The SMILES string of the molecule is Cc1cc(Br)ccc1C(=O)N1CCC2CNCC2C1. The molecule has 1 aromatic carbocycles. The Labute approximate surface area is 122 Å². The summed E-state index contributed by atoms with van der Waals surface area (Å²) in [5.41, 5.74) is 1.89. The number of aryl methyl sites for hydroxylation is 1. The summed E-state index contributed by atoms with van der Waals surface area (Å²) < 4.78 is 1.03. The second-order valence-corrected chi connectivity index (χ2v) is 6.59. The smallest absolute Gasteiger partial charge is 0.254 e. The second kappa shape index (κ2) is 5.25. The minimum Gasteiger partial charge on any atom is -0.338 e. The lowest BCUT2D eigenvalue weighted by molar-refractivity contribution is 0.0642. The molecule has 3 rings (SSSR count). The first-order chi connectivity index (χ1) is 9.15. The fourth-order valence-electron chi connectivity index (χ4n) is 3.26. The number of carbonyl (C=O) groups excluding carboxylic acids is 1. The third-order valence-corrected chi connectivity index (χ3v) is 4.90. The summed E-state index contributed by atoms with van der Waals surface area (Å²) in [6, 6.07) is 5.89. The van der Waals surface area contributed by atoms with Crippen LogP contribution in [-0.4, -0.2) is 37.0 Å². The molecule has 1 N–H and O–H groups in total. The average Bonchev–Trinajstić information content (AvgIpc) is 2.85. The molecule has 2 atom stereocenters. The fourth-order valence-corrected chi connectivity index (χ4v) is 3.73. The second-order valence-electron chi connectivity index (χ2n) is 5.68. The lowest BCUT2D eigenvalue weighted by Crippen LogP contribution is -2.43. The molecule has 2 aliphatic rings. The van der Waals surface area contributed by atoms with Crippen molar-refractivity contribution < 1.29 is 4.79 Å². The van der Waals surface area contributed by atoms with Gasteiger partial charge in [0.15, 0.2) is 0 Å². The van der Waals surface area contributed by atoms with Crippen molar-refractivity contribution in [1.29, 1.82) is 0 Å². The van der Waals surface area contributed by atoms with Crippen molar-refractivity contribution in [3.63, 3.8) is 0 Å². The molecule has 4 heteroatoms. The van der Waals surface area contributed by atoms with E-state index in [2.05, 4.69) is 21.2 Å². The third kappa shape index (κ3) is 2.56. The summed E-state index contributed by atoms with van der Waals surface area (Å²) in [5, 5.41) is 3.44. The number of halogens is 1. The third-order valence-electron chi connectivity index (χ3n) is 4.41. The van der Waals surface area contributed by atoms with E-state index in [0.29, 0.717) is 5.92 Å². The number of benzene rings is 1. The largest absolute Gasteiger partial charge is 0.338 e. The number of rotatable bonds is 1. The van der Waals surface area contributed by atoms with Crippen LogP contribution in [0.5, 0.6) is 0 Å². The van der Waals surface area contributed by atoms with Crippen LogP contribution in [0, 0.1) is 18.8 Å². The molecule has 2 heterocycles. The molecule has 2 aliphatic heterocycles. The summed E-state index contributed by atoms with van der Waals surface area (Å²) in [7, 11) is 0. The van der Waals surface area contributed by atoms with Crippen molar-refractivity contribution in [3.8, 4) is 0 Å². The fraction of sp³-hybridized carbons (Fsp3) is 0.533. The lowest BCUT2D eigenvalue weighted by Gasteiger charge is -2.34. The quantitative estimate of drug-likeness (QED) is 0.861. The van der Waals surface area contributed by atoms with E-state index in [9.17, 15) is 4.79 Å². The Morgan fingerprint density at radius 1 is 1.37 bits per heavy atom. The molecule has 0 spiro atoms. The van der Waals surface area contributed by atoms with E-state index in [1.807, 2.05) is 30.0 Å². The molecule has 1 aromatic rings. The molecule has 0 radical (unpaired) electrons. The summed E-state index contributed by atoms with van der Waals surface area (Å²) in [6.07, 6.45) is 1.14. The van der Waals surface area contributed by atoms with Crippen molar-refractivity contribution in [1.82, 2.24) is 10.2 Å². The first-order valence-corrected chi connectivity index (χ1v) is 7.70. The van der Waals surface area contributed by atoms with Crippen LogP contribution in [0.25, 0.3) is 0 Å². The molecule has 19 heavy (non-hydrogen) atoms. The first kappa shape index (κ1) is 13.1. The van der Waals surface area contributed by atoms with Gasteiger partial charge < -0.3 is 10.2 Å². The molecular formula is C15H19BrN2O. The van der Waals surface area contributed by atoms with Crippen molar-refractivity contribution in [2.24, 2.45) is 11.8 Å². The number of piperidine rings is 1. The van der Waals surface area contributed by atoms with Gasteiger partial charge in [-0.05, 0) is 62.0 Å². The lowest BCUT2D eigenvalue weighted by atomic mass is 9.88. The Morgan fingerprint density at radius 3 is 2.95 bits per heavy atom. The van der Waals surface area contributed by atoms with Gasteiger partial charge >= 0.3 is 0 Å². The number of likely N-dealkylation sites (tertiary alicyclic amines) is 1. The van der Waals surface area contributed by atoms with Crippen LogP contribution in [0.4, 0.5) is 0 Å². The van der Waals surface area contributed by atoms with E-state index in [1.54, 1.807) is 0 Å². The first-order valence-electron chi connectivity index (χ1n) is 6.91. The zero-order valence-corrected chi connectivity index (χ0v) is 12.7. The van der Waals surface area contributed by atoms with E-state index < -0.39 is 0 Å². The summed E-state index contributed by atoms with van der Waals surface area (Å²) >= 11 is 3.45. The maximum atomic E-state index is 12.6. The highest BCUT2D eigenvalue weighted by Crippen LogP contribution is 2.28. The Kier molecular flexibility index (Phi) is 3.63. The van der Waals surface area contributed by atoms with E-state index in [-0.39, 0.29) is 5.91 Å². The highest BCUT2D eigenvalue weighted by molar-refractivity contribution is 9.10. The predicted molar refractivity (Wildman–Crippen MR) is 79.2 cm³/mol. The van der Waals surface area contributed by atoms with Gasteiger partial charge in [-0.15, -0.1) is 0 Å². The van der Waals surface area contributed by atoms with E-state index in [1.165, 1.54) is 0 Å². The van der Waals surface area contributed by atoms with E-state index in [4.69, 9.17) is 0 Å². The number of amides is 1. The van der Waals surface area contributed by atoms with E-state index >= 15 is 0 Å². The Bertz CT molecular complexity index is 503. The molecule has 2 saturated heterocycles. The van der Waals surface area contributed by atoms with Gasteiger partial charge in [0, 0.05) is 23.1 Å². The molecular weight excluding hydrogens is 304 g/mol. The number of hydrogen-bond acceptors (Lipinski definition) is 2. The normalized spacial score (nSPS) is 26.3. The number of nitrogens with one attached hydrogen (secondary N) is 1. The van der Waals surface area contributed by atoms with Gasteiger partial charge in [0.1, 0.15) is 0 Å². The zero-order chi connectivity index (χ0) is 13.4. The molecule has 1 amide bonds. The molecule has 0 aromatic heterocycles. The van der Waals surface area contributed by atoms with Crippen LogP contribution in [0.3, 0.4) is 0 Å². The predicted octanol–water partition coefficient (Wildman–Crippen LogP) is 2.44. The van der Waals surface area contributed by atoms with Crippen molar-refractivity contribution >= 4 is 21.8 Å². The van der Waals surface area contributed by atoms with Crippen LogP contribution < -0.4 is 5.32 Å². The minimum absolute atomic E-state index is 0.190. The molecule has 2 unspecified atom stereocenters. The van der Waals surface area contributed by atoms with Gasteiger partial charge in [-0.25, -0.2) is 0 Å². The topological polar surface area (TPSA) is 32.3 Å². The molecule has 0 aliphatic carbocycles. The zero-order valence-electron chi connectivity index (χ0n) is 11.2. The standard InChI is InChI=1S/C15H19BrN2O/c1-10-6-13(16)2-3-14(10)15(19)18-5-4-11-7-17-8-12(11)9-18/h2-3,6,11-12,17H,4-5,7-9H2,1H3. The van der Waals surface area contributed by atoms with Crippen molar-refractivity contribution in [2.75, 3.05) is 26.2 Å². The van der Waals surface area contributed by atoms with Gasteiger partial charge in [0.2, 0.25) is 0 Å². The van der Waals surface area contributed by atoms with Crippen LogP contribution >= 0.6 is 15.9 Å². The Balaban J connectivity index is 1.76. The number of hydrogen-bond donors (Lipinski definition) is 1. The Hall–Kier alpha value is -0.870. The summed E-state index contributed by atoms with van der Waals surface area (Å²) in [5.74, 6) is 1.61. The molecule has 102 valence electrons. The number of nitrogens with zero attached hydrogens (tertiary/aromatic N) is 1. The van der Waals surface area contributed by atoms with Gasteiger partial charge in [0.25, 0.3) is 5.91 Å². The molecule has 3 nitrogen and oxygen atoms in total. The maximum absolute atomic E-state index is 12.6. The van der Waals surface area contributed by atoms with Crippen LogP contribution in [0.1, 0.15) is 22.3 Å². The van der Waals surface area contributed by atoms with Gasteiger partial charge in [0.05, 0.1) is 0 Å². The van der Waals surface area contributed by atoms with Crippen molar-refractivity contribution in [2.45, 2.75) is 13.3 Å². The minimum atomic E-state index is 0.190. The van der Waals surface area contributed by atoms with E-state index in [0.717, 1.165) is 54.1 Å². The van der Waals surface area contributed by atoms with Crippen LogP contribution in [0.2, 0.25) is 0 Å². The number of fused-ring (bicyclic) bond motifs is 1. The van der Waals surface area contributed by atoms with Gasteiger partial charge in [-0.3, -0.25) is 4.79 Å². The maximum Gasteiger partial charge on any atom is 0.254 e. The van der Waals surface area contributed by atoms with Crippen molar-refractivity contribution in [3.05, 3.63) is 33.8 Å². The molecule has 0 bridgehead atoms. The molecule has 0 saturated carbocycles. The highest BCUT2D eigenvalue weighted by atomic mass is 79.9. The average molecular weight is 323 g/mol. The monoisotopic (exact) mass is 322 g/mol. The van der Waals surface area contributed by atoms with Crippen LogP contribution in [-0.2, 0) is 0 Å². The highest BCUT2D eigenvalue weighted by Gasteiger charge is 2.34.